The highest BCUT2D eigenvalue weighted by Crippen LogP contribution is 2.13. The van der Waals surface area contributed by atoms with E-state index in [2.05, 4.69) is 14.7 Å². The van der Waals surface area contributed by atoms with Gasteiger partial charge < -0.3 is 14.4 Å². The van der Waals surface area contributed by atoms with Gasteiger partial charge in [-0.2, -0.15) is 4.98 Å². The summed E-state index contributed by atoms with van der Waals surface area (Å²) < 4.78 is 9.90. The molecule has 1 saturated heterocycles. The van der Waals surface area contributed by atoms with E-state index in [9.17, 15) is 4.79 Å². The van der Waals surface area contributed by atoms with E-state index in [0.29, 0.717) is 32.1 Å². The molecule has 1 aromatic rings. The number of morpholine rings is 1. The van der Waals surface area contributed by atoms with Gasteiger partial charge in [-0.05, 0) is 0 Å². The fourth-order valence-electron chi connectivity index (χ4n) is 1.73. The Balaban J connectivity index is 1.96. The number of ether oxygens (including phenoxy) is 1. The number of carboxylic acids is 1. The zero-order chi connectivity index (χ0) is 11.4. The Kier molecular flexibility index (Phi) is 3.47. The molecular formula is C9H13N3O4. The average molecular weight is 227 g/mol. The molecule has 1 unspecified atom stereocenters. The molecule has 88 valence electrons. The van der Waals surface area contributed by atoms with Crippen LogP contribution in [0.5, 0.6) is 0 Å². The molecule has 1 N–H and O–H groups in total. The van der Waals surface area contributed by atoms with Crippen molar-refractivity contribution >= 4 is 5.97 Å². The molecule has 16 heavy (non-hydrogen) atoms. The van der Waals surface area contributed by atoms with Gasteiger partial charge in [0.25, 0.3) is 0 Å². The molecule has 1 atom stereocenters. The smallest absolute Gasteiger partial charge is 0.305 e. The van der Waals surface area contributed by atoms with Crippen molar-refractivity contribution in [1.82, 2.24) is 15.0 Å². The molecule has 0 amide bonds. The van der Waals surface area contributed by atoms with Crippen molar-refractivity contribution in [2.45, 2.75) is 19.0 Å². The largest absolute Gasteiger partial charge is 0.481 e. The predicted octanol–water partition coefficient (Wildman–Crippen LogP) is -0.255. The second-order valence-corrected chi connectivity index (χ2v) is 3.64. The highest BCUT2D eigenvalue weighted by Gasteiger charge is 2.26. The summed E-state index contributed by atoms with van der Waals surface area (Å²) in [6, 6.07) is -0.121. The third-order valence-electron chi connectivity index (χ3n) is 2.51. The van der Waals surface area contributed by atoms with E-state index >= 15 is 0 Å². The van der Waals surface area contributed by atoms with Crippen LogP contribution in [0.25, 0.3) is 0 Å². The zero-order valence-corrected chi connectivity index (χ0v) is 8.70. The first-order valence-electron chi connectivity index (χ1n) is 5.04. The standard InChI is InChI=1S/C9H13N3O4/c13-9(14)3-7-5-15-2-1-12(7)4-8-10-6-16-11-8/h6-7H,1-5H2,(H,13,14). The van der Waals surface area contributed by atoms with Crippen molar-refractivity contribution < 1.29 is 19.2 Å². The molecule has 0 aromatic carbocycles. The second-order valence-electron chi connectivity index (χ2n) is 3.64. The van der Waals surface area contributed by atoms with E-state index in [4.69, 9.17) is 9.84 Å². The molecule has 0 bridgehead atoms. The van der Waals surface area contributed by atoms with E-state index in [1.807, 2.05) is 4.90 Å². The number of aliphatic carboxylic acids is 1. The van der Waals surface area contributed by atoms with Gasteiger partial charge in [0.1, 0.15) is 0 Å². The molecule has 7 nitrogen and oxygen atoms in total. The molecule has 1 fully saturated rings. The van der Waals surface area contributed by atoms with Crippen LogP contribution in [0.15, 0.2) is 10.9 Å². The number of aromatic nitrogens is 2. The summed E-state index contributed by atoms with van der Waals surface area (Å²) in [6.07, 6.45) is 1.33. The molecule has 2 heterocycles. The third kappa shape index (κ3) is 2.77. The van der Waals surface area contributed by atoms with Crippen molar-refractivity contribution in [2.24, 2.45) is 0 Å². The van der Waals surface area contributed by atoms with Gasteiger partial charge in [0, 0.05) is 12.6 Å². The number of hydrogen-bond acceptors (Lipinski definition) is 6. The van der Waals surface area contributed by atoms with Crippen LogP contribution in [0.4, 0.5) is 0 Å². The van der Waals surface area contributed by atoms with Crippen LogP contribution in [0.2, 0.25) is 0 Å². The van der Waals surface area contributed by atoms with Crippen LogP contribution in [-0.4, -0.2) is 51.9 Å². The van der Waals surface area contributed by atoms with Gasteiger partial charge >= 0.3 is 5.97 Å². The Morgan fingerprint density at radius 2 is 2.56 bits per heavy atom. The molecular weight excluding hydrogens is 214 g/mol. The Morgan fingerprint density at radius 1 is 1.69 bits per heavy atom. The van der Waals surface area contributed by atoms with Gasteiger partial charge in [-0.3, -0.25) is 9.69 Å². The predicted molar refractivity (Wildman–Crippen MR) is 51.6 cm³/mol. The van der Waals surface area contributed by atoms with E-state index in [1.165, 1.54) is 6.39 Å². The van der Waals surface area contributed by atoms with E-state index in [0.717, 1.165) is 0 Å². The lowest BCUT2D eigenvalue weighted by Crippen LogP contribution is -2.46. The maximum Gasteiger partial charge on any atom is 0.305 e. The van der Waals surface area contributed by atoms with E-state index < -0.39 is 5.97 Å². The van der Waals surface area contributed by atoms with Crippen LogP contribution in [0.1, 0.15) is 12.2 Å². The lowest BCUT2D eigenvalue weighted by Gasteiger charge is -2.33. The lowest BCUT2D eigenvalue weighted by molar-refractivity contribution is -0.140. The quantitative estimate of drug-likeness (QED) is 0.758. The third-order valence-corrected chi connectivity index (χ3v) is 2.51. The summed E-state index contributed by atoms with van der Waals surface area (Å²) in [5, 5.41) is 12.5. The van der Waals surface area contributed by atoms with Crippen molar-refractivity contribution in [3.63, 3.8) is 0 Å². The van der Waals surface area contributed by atoms with Gasteiger partial charge in [0.05, 0.1) is 26.2 Å². The molecule has 0 spiro atoms. The van der Waals surface area contributed by atoms with Crippen molar-refractivity contribution in [2.75, 3.05) is 19.8 Å². The van der Waals surface area contributed by atoms with Crippen LogP contribution in [-0.2, 0) is 16.1 Å². The van der Waals surface area contributed by atoms with Crippen molar-refractivity contribution in [3.05, 3.63) is 12.2 Å². The molecule has 0 saturated carbocycles. The topological polar surface area (TPSA) is 88.7 Å². The SMILES string of the molecule is O=C(O)CC1COCCN1Cc1ncon1. The number of nitrogens with zero attached hydrogens (tertiary/aromatic N) is 3. The number of carboxylic acid groups (broad SMARTS) is 1. The molecule has 0 aliphatic carbocycles. The number of hydrogen-bond donors (Lipinski definition) is 1. The Morgan fingerprint density at radius 3 is 3.25 bits per heavy atom. The average Bonchev–Trinajstić information content (AvgIpc) is 2.73. The van der Waals surface area contributed by atoms with E-state index in [1.54, 1.807) is 0 Å². The van der Waals surface area contributed by atoms with Crippen LogP contribution in [0, 0.1) is 0 Å². The normalized spacial score (nSPS) is 22.1. The highest BCUT2D eigenvalue weighted by atomic mass is 16.5. The van der Waals surface area contributed by atoms with E-state index in [-0.39, 0.29) is 12.5 Å². The van der Waals surface area contributed by atoms with Gasteiger partial charge in [0.2, 0.25) is 6.39 Å². The molecule has 1 aliphatic rings. The van der Waals surface area contributed by atoms with Crippen molar-refractivity contribution in [1.29, 1.82) is 0 Å². The minimum atomic E-state index is -0.825. The maximum atomic E-state index is 10.7. The molecule has 1 aliphatic heterocycles. The summed E-state index contributed by atoms with van der Waals surface area (Å²) in [4.78, 5) is 16.6. The first kappa shape index (κ1) is 11.0. The Labute approximate surface area is 92.0 Å². The fourth-order valence-corrected chi connectivity index (χ4v) is 1.73. The number of rotatable bonds is 4. The first-order valence-corrected chi connectivity index (χ1v) is 5.04. The number of carbonyl (C=O) groups is 1. The summed E-state index contributed by atoms with van der Waals surface area (Å²) in [5.74, 6) is -0.258. The Hall–Kier alpha value is -1.47. The summed E-state index contributed by atoms with van der Waals surface area (Å²) in [5.41, 5.74) is 0. The molecule has 0 radical (unpaired) electrons. The summed E-state index contributed by atoms with van der Waals surface area (Å²) in [6.45, 7) is 2.22. The van der Waals surface area contributed by atoms with Crippen molar-refractivity contribution in [3.8, 4) is 0 Å². The molecule has 2 rings (SSSR count). The first-order chi connectivity index (χ1) is 7.75. The minimum Gasteiger partial charge on any atom is -0.481 e. The highest BCUT2D eigenvalue weighted by molar-refractivity contribution is 5.67. The van der Waals surface area contributed by atoms with Crippen LogP contribution >= 0.6 is 0 Å². The molecule has 1 aromatic heterocycles. The second kappa shape index (κ2) is 5.04. The maximum absolute atomic E-state index is 10.7. The van der Waals surface area contributed by atoms with Crippen LogP contribution in [0.3, 0.4) is 0 Å². The molecule has 7 heteroatoms. The van der Waals surface area contributed by atoms with Gasteiger partial charge in [-0.1, -0.05) is 5.16 Å². The van der Waals surface area contributed by atoms with Gasteiger partial charge in [0.15, 0.2) is 5.82 Å². The lowest BCUT2D eigenvalue weighted by atomic mass is 10.1. The zero-order valence-electron chi connectivity index (χ0n) is 8.70. The summed E-state index contributed by atoms with van der Waals surface area (Å²) in [7, 11) is 0. The monoisotopic (exact) mass is 227 g/mol. The fraction of sp³-hybridized carbons (Fsp3) is 0.667. The van der Waals surface area contributed by atoms with Gasteiger partial charge in [-0.25, -0.2) is 0 Å². The minimum absolute atomic E-state index is 0.0673. The Bertz CT molecular complexity index is 341. The summed E-state index contributed by atoms with van der Waals surface area (Å²) >= 11 is 0. The van der Waals surface area contributed by atoms with Gasteiger partial charge in [-0.15, -0.1) is 0 Å². The van der Waals surface area contributed by atoms with Crippen LogP contribution < -0.4 is 0 Å².